The Hall–Kier alpha value is -2.63. The molecule has 0 radical (unpaired) electrons. The lowest BCUT2D eigenvalue weighted by molar-refractivity contribution is 0.0951. The number of carbonyl (C=O) groups excluding carboxylic acids is 1. The van der Waals surface area contributed by atoms with Crippen molar-refractivity contribution < 1.29 is 9.21 Å². The number of benzene rings is 1. The van der Waals surface area contributed by atoms with Crippen LogP contribution in [0.1, 0.15) is 45.0 Å². The predicted molar refractivity (Wildman–Crippen MR) is 99.0 cm³/mol. The zero-order valence-electron chi connectivity index (χ0n) is 14.9. The summed E-state index contributed by atoms with van der Waals surface area (Å²) in [5.41, 5.74) is 2.97. The van der Waals surface area contributed by atoms with Gasteiger partial charge in [-0.2, -0.15) is 5.10 Å². The van der Waals surface area contributed by atoms with E-state index in [2.05, 4.69) is 29.3 Å². The molecule has 6 heteroatoms. The molecule has 0 saturated heterocycles. The van der Waals surface area contributed by atoms with E-state index < -0.39 is 11.5 Å². The highest BCUT2D eigenvalue weighted by molar-refractivity contribution is 5.97. The molecule has 0 aliphatic heterocycles. The van der Waals surface area contributed by atoms with E-state index in [1.54, 1.807) is 6.92 Å². The predicted octanol–water partition coefficient (Wildman–Crippen LogP) is 3.40. The van der Waals surface area contributed by atoms with Gasteiger partial charge in [-0.05, 0) is 39.0 Å². The average Bonchev–Trinajstić information content (AvgIpc) is 2.61. The maximum absolute atomic E-state index is 12.0. The zero-order chi connectivity index (χ0) is 18.1. The molecule has 6 nitrogen and oxygen atoms in total. The van der Waals surface area contributed by atoms with Gasteiger partial charge in [0.05, 0.1) is 0 Å². The van der Waals surface area contributed by atoms with E-state index in [0.29, 0.717) is 11.0 Å². The van der Waals surface area contributed by atoms with Crippen LogP contribution in [-0.4, -0.2) is 25.2 Å². The molecule has 1 aromatic carbocycles. The topological polar surface area (TPSA) is 74.9 Å². The Kier molecular flexibility index (Phi) is 7.68. The van der Waals surface area contributed by atoms with Crippen LogP contribution >= 0.6 is 0 Å². The van der Waals surface area contributed by atoms with Crippen molar-refractivity contribution in [3.63, 3.8) is 0 Å². The number of amides is 1. The molecule has 0 fully saturated rings. The smallest absolute Gasteiger partial charge is 0.349 e. The van der Waals surface area contributed by atoms with Gasteiger partial charge in [-0.1, -0.05) is 13.8 Å². The first-order valence-corrected chi connectivity index (χ1v) is 8.21. The summed E-state index contributed by atoms with van der Waals surface area (Å²) in [5.74, 6) is -0.582. The Morgan fingerprint density at radius 3 is 2.50 bits per heavy atom. The van der Waals surface area contributed by atoms with Crippen LogP contribution in [0.3, 0.4) is 0 Å². The van der Waals surface area contributed by atoms with Crippen LogP contribution in [0.5, 0.6) is 0 Å². The van der Waals surface area contributed by atoms with Gasteiger partial charge in [0.15, 0.2) is 0 Å². The summed E-state index contributed by atoms with van der Waals surface area (Å²) in [6.07, 6.45) is 1.43. The molecule has 130 valence electrons. The first kappa shape index (κ1) is 19.4. The number of hydrazone groups is 1. The molecule has 1 N–H and O–H groups in total. The summed E-state index contributed by atoms with van der Waals surface area (Å²) in [6.45, 7) is 11.5. The number of nitrogens with zero attached hydrogens (tertiary/aromatic N) is 2. The van der Waals surface area contributed by atoms with Crippen molar-refractivity contribution in [2.24, 2.45) is 5.10 Å². The van der Waals surface area contributed by atoms with E-state index in [4.69, 9.17) is 4.42 Å². The maximum Gasteiger partial charge on any atom is 0.349 e. The van der Waals surface area contributed by atoms with Gasteiger partial charge in [-0.25, -0.2) is 10.2 Å². The first-order chi connectivity index (χ1) is 11.6. The minimum absolute atomic E-state index is 0.0614. The van der Waals surface area contributed by atoms with E-state index in [-0.39, 0.29) is 5.56 Å². The van der Waals surface area contributed by atoms with Crippen molar-refractivity contribution in [3.8, 4) is 0 Å². The van der Waals surface area contributed by atoms with E-state index in [1.165, 1.54) is 12.3 Å². The highest BCUT2D eigenvalue weighted by Gasteiger charge is 2.14. The molecule has 24 heavy (non-hydrogen) atoms. The van der Waals surface area contributed by atoms with E-state index in [0.717, 1.165) is 18.8 Å². The number of hydrogen-bond acceptors (Lipinski definition) is 5. The molecule has 0 atom stereocenters. The minimum Gasteiger partial charge on any atom is -0.422 e. The number of rotatable bonds is 5. The second kappa shape index (κ2) is 9.50. The number of anilines is 1. The van der Waals surface area contributed by atoms with Gasteiger partial charge in [0.1, 0.15) is 11.1 Å². The van der Waals surface area contributed by atoms with Crippen LogP contribution in [0, 0.1) is 0 Å². The molecule has 1 aromatic heterocycles. The van der Waals surface area contributed by atoms with Gasteiger partial charge in [-0.15, -0.1) is 0 Å². The van der Waals surface area contributed by atoms with Gasteiger partial charge in [-0.3, -0.25) is 4.79 Å². The number of hydrogen-bond donors (Lipinski definition) is 1. The lowest BCUT2D eigenvalue weighted by Gasteiger charge is -2.20. The third-order valence-corrected chi connectivity index (χ3v) is 3.39. The first-order valence-electron chi connectivity index (χ1n) is 8.21. The van der Waals surface area contributed by atoms with E-state index >= 15 is 0 Å². The quantitative estimate of drug-likeness (QED) is 0.517. The molecule has 1 amide bonds. The monoisotopic (exact) mass is 331 g/mol. The summed E-state index contributed by atoms with van der Waals surface area (Å²) >= 11 is 0. The van der Waals surface area contributed by atoms with Crippen molar-refractivity contribution in [1.29, 1.82) is 0 Å². The van der Waals surface area contributed by atoms with Crippen molar-refractivity contribution in [2.45, 2.75) is 34.6 Å². The molecule has 0 unspecified atom stereocenters. The van der Waals surface area contributed by atoms with Gasteiger partial charge in [0.2, 0.25) is 0 Å². The molecular weight excluding hydrogens is 306 g/mol. The minimum atomic E-state index is -0.673. The summed E-state index contributed by atoms with van der Waals surface area (Å²) < 4.78 is 5.28. The highest BCUT2D eigenvalue weighted by atomic mass is 16.4. The molecule has 1 heterocycles. The van der Waals surface area contributed by atoms with Gasteiger partial charge < -0.3 is 9.32 Å². The molecule has 0 spiro atoms. The van der Waals surface area contributed by atoms with Crippen molar-refractivity contribution in [1.82, 2.24) is 5.43 Å². The summed E-state index contributed by atoms with van der Waals surface area (Å²) in [6, 6.07) is 7.12. The van der Waals surface area contributed by atoms with Crippen LogP contribution in [0.2, 0.25) is 0 Å². The third-order valence-electron chi connectivity index (χ3n) is 3.39. The Labute approximate surface area is 142 Å². The lowest BCUT2D eigenvalue weighted by atomic mass is 10.1. The summed E-state index contributed by atoms with van der Waals surface area (Å²) in [5, 5.41) is 4.31. The average molecular weight is 331 g/mol. The lowest BCUT2D eigenvalue weighted by Crippen LogP contribution is -2.24. The van der Waals surface area contributed by atoms with E-state index in [1.807, 2.05) is 32.0 Å². The van der Waals surface area contributed by atoms with Crippen molar-refractivity contribution in [2.75, 3.05) is 18.0 Å². The molecule has 0 bridgehead atoms. The second-order valence-electron chi connectivity index (χ2n) is 4.67. The molecule has 2 aromatic rings. The normalized spacial score (nSPS) is 10.4. The fourth-order valence-electron chi connectivity index (χ4n) is 2.23. The number of nitrogens with one attached hydrogen (secondary N) is 1. The van der Waals surface area contributed by atoms with Gasteiger partial charge >= 0.3 is 5.63 Å². The summed E-state index contributed by atoms with van der Waals surface area (Å²) in [4.78, 5) is 26.0. The Morgan fingerprint density at radius 1 is 1.25 bits per heavy atom. The van der Waals surface area contributed by atoms with Crippen molar-refractivity contribution in [3.05, 3.63) is 40.2 Å². The van der Waals surface area contributed by atoms with Crippen LogP contribution < -0.4 is 16.0 Å². The fourth-order valence-corrected chi connectivity index (χ4v) is 2.23. The van der Waals surface area contributed by atoms with Crippen LogP contribution in [0.4, 0.5) is 5.69 Å². The van der Waals surface area contributed by atoms with Crippen molar-refractivity contribution >= 4 is 28.8 Å². The standard InChI is InChI=1S/C16H19N3O3.C2H6/c1-4-17-18-15(20)13-9-11-7-8-12(19(5-2)6-3)10-14(11)22-16(13)21;1-2/h4,7-10H,5-6H2,1-3H3,(H,18,20);1-2H3/b17-4+;. The highest BCUT2D eigenvalue weighted by Crippen LogP contribution is 2.21. The van der Waals surface area contributed by atoms with Crippen LogP contribution in [-0.2, 0) is 0 Å². The van der Waals surface area contributed by atoms with Crippen LogP contribution in [0.15, 0.2) is 38.6 Å². The maximum atomic E-state index is 12.0. The third kappa shape index (κ3) is 4.44. The molecule has 2 rings (SSSR count). The fraction of sp³-hybridized carbons (Fsp3) is 0.389. The number of fused-ring (bicyclic) bond motifs is 1. The van der Waals surface area contributed by atoms with Gasteiger partial charge in [0, 0.05) is 36.4 Å². The molecule has 0 saturated carbocycles. The SMILES string of the molecule is C/C=N/NC(=O)c1cc2ccc(N(CC)CC)cc2oc1=O.CC. The Morgan fingerprint density at radius 2 is 1.92 bits per heavy atom. The number of carbonyl (C=O) groups is 1. The largest absolute Gasteiger partial charge is 0.422 e. The molecule has 0 aliphatic rings. The van der Waals surface area contributed by atoms with E-state index in [9.17, 15) is 9.59 Å². The zero-order valence-corrected chi connectivity index (χ0v) is 14.9. The molecular formula is C18H25N3O3. The molecule has 0 aliphatic carbocycles. The Bertz CT molecular complexity index is 762. The Balaban J connectivity index is 0.00000139. The summed E-state index contributed by atoms with van der Waals surface area (Å²) in [7, 11) is 0. The second-order valence-corrected chi connectivity index (χ2v) is 4.67. The van der Waals surface area contributed by atoms with Crippen LogP contribution in [0.25, 0.3) is 11.0 Å². The van der Waals surface area contributed by atoms with Gasteiger partial charge in [0.25, 0.3) is 5.91 Å².